The van der Waals surface area contributed by atoms with Crippen LogP contribution in [0.2, 0.25) is 0 Å². The molecule has 4 heteroatoms. The smallest absolute Gasteiger partial charge is 0.241 e. The summed E-state index contributed by atoms with van der Waals surface area (Å²) in [6.07, 6.45) is 3.62. The highest BCUT2D eigenvalue weighted by molar-refractivity contribution is 5.84. The summed E-state index contributed by atoms with van der Waals surface area (Å²) in [7, 11) is 0. The van der Waals surface area contributed by atoms with Crippen molar-refractivity contribution in [3.05, 3.63) is 0 Å². The summed E-state index contributed by atoms with van der Waals surface area (Å²) in [5.74, 6) is 0.605. The normalized spacial score (nSPS) is 34.0. The lowest BCUT2D eigenvalue weighted by Crippen LogP contribution is -2.41. The Morgan fingerprint density at radius 1 is 1.53 bits per heavy atom. The predicted molar refractivity (Wildman–Crippen MR) is 66.5 cm³/mol. The van der Waals surface area contributed by atoms with Crippen LogP contribution in [0.1, 0.15) is 40.0 Å². The summed E-state index contributed by atoms with van der Waals surface area (Å²) < 4.78 is 5.63. The first-order valence-corrected chi connectivity index (χ1v) is 6.81. The summed E-state index contributed by atoms with van der Waals surface area (Å²) in [4.78, 5) is 14.3. The first-order valence-electron chi connectivity index (χ1n) is 6.81. The molecule has 0 radical (unpaired) electrons. The zero-order valence-electron chi connectivity index (χ0n) is 11.1. The standard InChI is InChI=1S/C13H24N2O2/c1-4-11-14-12(9(2)3)13(16)15(11)8-10-6-5-7-17-10/h9-12,14H,4-8H2,1-3H3. The van der Waals surface area contributed by atoms with Crippen molar-refractivity contribution in [2.24, 2.45) is 5.92 Å². The molecule has 0 aromatic rings. The van der Waals surface area contributed by atoms with Gasteiger partial charge >= 0.3 is 0 Å². The first kappa shape index (κ1) is 12.8. The summed E-state index contributed by atoms with van der Waals surface area (Å²) in [6.45, 7) is 7.92. The van der Waals surface area contributed by atoms with Crippen LogP contribution in [0.3, 0.4) is 0 Å². The van der Waals surface area contributed by atoms with Crippen LogP contribution in [0, 0.1) is 5.92 Å². The van der Waals surface area contributed by atoms with Crippen LogP contribution in [0.25, 0.3) is 0 Å². The van der Waals surface area contributed by atoms with Gasteiger partial charge in [-0.2, -0.15) is 0 Å². The minimum Gasteiger partial charge on any atom is -0.376 e. The van der Waals surface area contributed by atoms with Gasteiger partial charge in [0.2, 0.25) is 5.91 Å². The summed E-state index contributed by atoms with van der Waals surface area (Å²) >= 11 is 0. The molecular weight excluding hydrogens is 216 g/mol. The third kappa shape index (κ3) is 2.63. The maximum absolute atomic E-state index is 12.3. The van der Waals surface area contributed by atoms with Gasteiger partial charge < -0.3 is 9.64 Å². The van der Waals surface area contributed by atoms with Gasteiger partial charge in [0.05, 0.1) is 18.3 Å². The SMILES string of the molecule is CCC1NC(C(C)C)C(=O)N1CC1CCCO1. The molecule has 2 aliphatic rings. The molecule has 1 N–H and O–H groups in total. The van der Waals surface area contributed by atoms with E-state index in [0.29, 0.717) is 5.92 Å². The van der Waals surface area contributed by atoms with Crippen molar-refractivity contribution in [3.63, 3.8) is 0 Å². The highest BCUT2D eigenvalue weighted by Crippen LogP contribution is 2.22. The van der Waals surface area contributed by atoms with Crippen LogP contribution in [0.15, 0.2) is 0 Å². The predicted octanol–water partition coefficient (Wildman–Crippen LogP) is 1.36. The second-order valence-corrected chi connectivity index (χ2v) is 5.44. The van der Waals surface area contributed by atoms with E-state index in [-0.39, 0.29) is 24.2 Å². The van der Waals surface area contributed by atoms with Crippen molar-refractivity contribution in [3.8, 4) is 0 Å². The second-order valence-electron chi connectivity index (χ2n) is 5.44. The van der Waals surface area contributed by atoms with Crippen molar-refractivity contribution in [2.45, 2.75) is 58.3 Å². The van der Waals surface area contributed by atoms with Crippen LogP contribution in [-0.2, 0) is 9.53 Å². The largest absolute Gasteiger partial charge is 0.376 e. The molecule has 0 spiro atoms. The Hall–Kier alpha value is -0.610. The monoisotopic (exact) mass is 240 g/mol. The Morgan fingerprint density at radius 3 is 2.82 bits per heavy atom. The second kappa shape index (κ2) is 5.36. The molecule has 2 rings (SSSR count). The number of nitrogens with one attached hydrogen (secondary N) is 1. The Balaban J connectivity index is 2.00. The highest BCUT2D eigenvalue weighted by atomic mass is 16.5. The maximum Gasteiger partial charge on any atom is 0.241 e. The lowest BCUT2D eigenvalue weighted by atomic mass is 10.0. The van der Waals surface area contributed by atoms with Gasteiger partial charge in [-0.1, -0.05) is 20.8 Å². The number of rotatable bonds is 4. The number of carbonyl (C=O) groups excluding carboxylic acids is 1. The molecule has 2 saturated heterocycles. The third-order valence-electron chi connectivity index (χ3n) is 3.77. The van der Waals surface area contributed by atoms with Crippen molar-refractivity contribution < 1.29 is 9.53 Å². The molecule has 1 amide bonds. The van der Waals surface area contributed by atoms with E-state index < -0.39 is 0 Å². The Morgan fingerprint density at radius 2 is 2.29 bits per heavy atom. The van der Waals surface area contributed by atoms with Gasteiger partial charge in [-0.15, -0.1) is 0 Å². The number of nitrogens with zero attached hydrogens (tertiary/aromatic N) is 1. The van der Waals surface area contributed by atoms with Crippen LogP contribution >= 0.6 is 0 Å². The lowest BCUT2D eigenvalue weighted by Gasteiger charge is -2.25. The highest BCUT2D eigenvalue weighted by Gasteiger charge is 2.40. The van der Waals surface area contributed by atoms with Gasteiger partial charge in [-0.25, -0.2) is 0 Å². The molecule has 3 unspecified atom stereocenters. The molecule has 0 saturated carbocycles. The van der Waals surface area contributed by atoms with Crippen LogP contribution in [0.5, 0.6) is 0 Å². The maximum atomic E-state index is 12.3. The fourth-order valence-electron chi connectivity index (χ4n) is 2.74. The van der Waals surface area contributed by atoms with E-state index in [9.17, 15) is 4.79 Å². The number of amides is 1. The van der Waals surface area contributed by atoms with E-state index in [4.69, 9.17) is 4.74 Å². The van der Waals surface area contributed by atoms with Gasteiger partial charge in [-0.3, -0.25) is 10.1 Å². The van der Waals surface area contributed by atoms with E-state index in [0.717, 1.165) is 32.4 Å². The third-order valence-corrected chi connectivity index (χ3v) is 3.77. The molecule has 0 aromatic carbocycles. The van der Waals surface area contributed by atoms with E-state index in [1.54, 1.807) is 0 Å². The van der Waals surface area contributed by atoms with Gasteiger partial charge in [0.15, 0.2) is 0 Å². The van der Waals surface area contributed by atoms with Crippen molar-refractivity contribution in [1.29, 1.82) is 0 Å². The summed E-state index contributed by atoms with van der Waals surface area (Å²) in [5.41, 5.74) is 0. The number of ether oxygens (including phenoxy) is 1. The van der Waals surface area contributed by atoms with Gasteiger partial charge in [0.25, 0.3) is 0 Å². The Kier molecular flexibility index (Phi) is 4.05. The van der Waals surface area contributed by atoms with Crippen LogP contribution in [-0.4, -0.2) is 42.3 Å². The van der Waals surface area contributed by atoms with Crippen LogP contribution < -0.4 is 5.32 Å². The fourth-order valence-corrected chi connectivity index (χ4v) is 2.74. The van der Waals surface area contributed by atoms with Crippen LogP contribution in [0.4, 0.5) is 0 Å². The molecule has 0 aliphatic carbocycles. The molecule has 98 valence electrons. The van der Waals surface area contributed by atoms with Crippen molar-refractivity contribution in [1.82, 2.24) is 10.2 Å². The minimum atomic E-state index is -0.0126. The first-order chi connectivity index (χ1) is 8.13. The zero-order chi connectivity index (χ0) is 12.4. The number of carbonyl (C=O) groups is 1. The van der Waals surface area contributed by atoms with Gasteiger partial charge in [0, 0.05) is 13.2 Å². The van der Waals surface area contributed by atoms with E-state index in [1.807, 2.05) is 4.90 Å². The van der Waals surface area contributed by atoms with E-state index in [1.165, 1.54) is 0 Å². The fraction of sp³-hybridized carbons (Fsp3) is 0.923. The molecule has 0 bridgehead atoms. The molecule has 2 fully saturated rings. The Bertz CT molecular complexity index is 275. The lowest BCUT2D eigenvalue weighted by molar-refractivity contribution is -0.132. The minimum absolute atomic E-state index is 0.0126. The molecule has 17 heavy (non-hydrogen) atoms. The van der Waals surface area contributed by atoms with Gasteiger partial charge in [0.1, 0.15) is 0 Å². The topological polar surface area (TPSA) is 41.6 Å². The quantitative estimate of drug-likeness (QED) is 0.806. The number of hydrogen-bond acceptors (Lipinski definition) is 3. The molecule has 3 atom stereocenters. The summed E-state index contributed by atoms with van der Waals surface area (Å²) in [5, 5.41) is 3.43. The molecular formula is C13H24N2O2. The molecule has 2 aliphatic heterocycles. The molecule has 4 nitrogen and oxygen atoms in total. The molecule has 2 heterocycles. The Labute approximate surface area is 104 Å². The molecule has 0 aromatic heterocycles. The average Bonchev–Trinajstić information content (AvgIpc) is 2.89. The average molecular weight is 240 g/mol. The van der Waals surface area contributed by atoms with E-state index >= 15 is 0 Å². The summed E-state index contributed by atoms with van der Waals surface area (Å²) in [6, 6.07) is -0.0126. The van der Waals surface area contributed by atoms with Gasteiger partial charge in [-0.05, 0) is 25.2 Å². The van der Waals surface area contributed by atoms with Crippen molar-refractivity contribution in [2.75, 3.05) is 13.2 Å². The zero-order valence-corrected chi connectivity index (χ0v) is 11.1. The van der Waals surface area contributed by atoms with E-state index in [2.05, 4.69) is 26.1 Å². The van der Waals surface area contributed by atoms with Crippen molar-refractivity contribution >= 4 is 5.91 Å². The number of hydrogen-bond donors (Lipinski definition) is 1.